The van der Waals surface area contributed by atoms with Gasteiger partial charge < -0.3 is 47.2 Å². The Morgan fingerprint density at radius 1 is 0.783 bits per heavy atom. The molecular weight excluding hydrogens is 693 g/mol. The van der Waals surface area contributed by atoms with Crippen LogP contribution in [0.5, 0.6) is 11.5 Å². The molecule has 0 spiro atoms. The van der Waals surface area contributed by atoms with Gasteiger partial charge in [0.1, 0.15) is 11.5 Å². The summed E-state index contributed by atoms with van der Waals surface area (Å²) in [6.45, 7) is 1.10. The Kier molecular flexibility index (Phi) is 16.5. The Morgan fingerprint density at radius 2 is 1.39 bits per heavy atom. The number of esters is 2. The molecule has 1 heterocycles. The van der Waals surface area contributed by atoms with Crippen molar-refractivity contribution in [1.82, 2.24) is 9.55 Å². The molecule has 0 radical (unpaired) electrons. The normalized spacial score (nSPS) is 11.5. The van der Waals surface area contributed by atoms with Crippen molar-refractivity contribution in [2.45, 2.75) is 58.4 Å². The zero-order valence-electron chi connectivity index (χ0n) is 26.4. The van der Waals surface area contributed by atoms with Gasteiger partial charge in [0.2, 0.25) is 0 Å². The molecule has 4 rings (SSSR count). The van der Waals surface area contributed by atoms with E-state index < -0.39 is 5.97 Å². The van der Waals surface area contributed by atoms with E-state index >= 15 is 0 Å². The summed E-state index contributed by atoms with van der Waals surface area (Å²) in [4.78, 5) is 29.4. The van der Waals surface area contributed by atoms with Gasteiger partial charge in [0.15, 0.2) is 6.04 Å². The van der Waals surface area contributed by atoms with Gasteiger partial charge in [-0.05, 0) is 66.9 Å². The number of halogens is 1. The third-order valence-electron chi connectivity index (χ3n) is 7.47. The molecule has 248 valence electrons. The number of quaternary nitrogens is 1. The van der Waals surface area contributed by atoms with E-state index in [0.29, 0.717) is 35.4 Å². The van der Waals surface area contributed by atoms with E-state index in [1.165, 1.54) is 0 Å². The lowest BCUT2D eigenvalue weighted by molar-refractivity contribution is -0.887. The monoisotopic (exact) mass is 741 g/mol. The van der Waals surface area contributed by atoms with E-state index in [1.54, 1.807) is 36.8 Å². The number of benzene rings is 3. The summed E-state index contributed by atoms with van der Waals surface area (Å²) in [5.41, 5.74) is 2.54. The Hall–Kier alpha value is -3.70. The van der Waals surface area contributed by atoms with Crippen LogP contribution in [-0.4, -0.2) is 66.4 Å². The lowest BCUT2D eigenvalue weighted by Gasteiger charge is -2.32. The maximum absolute atomic E-state index is 12.8. The smallest absolute Gasteiger partial charge is 0.365 e. The number of rotatable bonds is 17. The third-order valence-corrected chi connectivity index (χ3v) is 7.47. The van der Waals surface area contributed by atoms with Crippen LogP contribution in [0.25, 0.3) is 5.69 Å². The van der Waals surface area contributed by atoms with Gasteiger partial charge in [0, 0.05) is 24.5 Å². The number of carbonyl (C=O) groups is 2. The average Bonchev–Trinajstić information content (AvgIpc) is 3.57. The van der Waals surface area contributed by atoms with Crippen molar-refractivity contribution in [3.8, 4) is 17.2 Å². The molecule has 0 N–H and O–H groups in total. The quantitative estimate of drug-likeness (QED) is 0.0528. The van der Waals surface area contributed by atoms with E-state index in [9.17, 15) is 9.59 Å². The summed E-state index contributed by atoms with van der Waals surface area (Å²) in [5.74, 6) is 0.679. The molecule has 1 unspecified atom stereocenters. The van der Waals surface area contributed by atoms with Crippen molar-refractivity contribution in [2.75, 3.05) is 34.4 Å². The molecule has 0 bridgehead atoms. The molecule has 0 saturated carbocycles. The van der Waals surface area contributed by atoms with E-state index in [4.69, 9.17) is 14.2 Å². The van der Waals surface area contributed by atoms with Crippen LogP contribution >= 0.6 is 0 Å². The van der Waals surface area contributed by atoms with Gasteiger partial charge in [-0.25, -0.2) is 14.6 Å². The van der Waals surface area contributed by atoms with Gasteiger partial charge in [0.05, 0.1) is 46.2 Å². The summed E-state index contributed by atoms with van der Waals surface area (Å²) < 4.78 is 19.4. The second-order valence-electron chi connectivity index (χ2n) is 11.8. The fourth-order valence-electron chi connectivity index (χ4n) is 4.83. The molecule has 0 amide bonds. The number of imidazole rings is 1. The topological polar surface area (TPSA) is 79.7 Å². The number of ether oxygens (including phenoxy) is 3. The second-order valence-corrected chi connectivity index (χ2v) is 11.8. The Morgan fingerprint density at radius 3 is 2.00 bits per heavy atom. The van der Waals surface area contributed by atoms with Crippen LogP contribution in [0.3, 0.4) is 0 Å². The van der Waals surface area contributed by atoms with E-state index in [1.807, 2.05) is 74.4 Å². The van der Waals surface area contributed by atoms with Crippen molar-refractivity contribution in [2.24, 2.45) is 0 Å². The lowest BCUT2D eigenvalue weighted by Crippen LogP contribution is -3.00. The third kappa shape index (κ3) is 12.6. The van der Waals surface area contributed by atoms with Crippen molar-refractivity contribution in [3.63, 3.8) is 0 Å². The van der Waals surface area contributed by atoms with Crippen LogP contribution < -0.4 is 33.5 Å². The number of nitrogens with zero attached hydrogens (tertiary/aromatic N) is 3. The zero-order chi connectivity index (χ0) is 31.2. The van der Waals surface area contributed by atoms with Crippen LogP contribution in [0.2, 0.25) is 0 Å². The van der Waals surface area contributed by atoms with Gasteiger partial charge >= 0.3 is 11.9 Å². The van der Waals surface area contributed by atoms with E-state index in [2.05, 4.69) is 17.1 Å². The minimum absolute atomic E-state index is 0. The number of unbranched alkanes of at least 4 members (excludes halogenated alkanes) is 5. The van der Waals surface area contributed by atoms with Crippen molar-refractivity contribution in [1.29, 1.82) is 0 Å². The maximum atomic E-state index is 12.8. The molecule has 0 aliphatic carbocycles. The Balaban J connectivity index is 0.00000368. The van der Waals surface area contributed by atoms with Crippen molar-refractivity contribution >= 4 is 11.9 Å². The van der Waals surface area contributed by atoms with E-state index in [-0.39, 0.29) is 43.4 Å². The fraction of sp³-hybridized carbons (Fsp3) is 0.378. The molecule has 0 fully saturated rings. The van der Waals surface area contributed by atoms with Crippen molar-refractivity contribution < 1.29 is 52.3 Å². The summed E-state index contributed by atoms with van der Waals surface area (Å²) in [5, 5.41) is 0. The predicted octanol–water partition coefficient (Wildman–Crippen LogP) is 4.31. The van der Waals surface area contributed by atoms with Crippen LogP contribution in [0.4, 0.5) is 0 Å². The van der Waals surface area contributed by atoms with Gasteiger partial charge in [-0.1, -0.05) is 63.4 Å². The number of likely N-dealkylation sites (N-methyl/N-ethyl adjacent to an activating group) is 1. The lowest BCUT2D eigenvalue weighted by atomic mass is 10.0. The van der Waals surface area contributed by atoms with Gasteiger partial charge in [-0.2, -0.15) is 0 Å². The molecule has 46 heavy (non-hydrogen) atoms. The molecule has 1 atom stereocenters. The largest absolute Gasteiger partial charge is 1.00 e. The Labute approximate surface area is 291 Å². The molecule has 8 nitrogen and oxygen atoms in total. The minimum Gasteiger partial charge on any atom is -1.00 e. The molecule has 3 aromatic carbocycles. The summed E-state index contributed by atoms with van der Waals surface area (Å²) >= 11 is 0. The first-order chi connectivity index (χ1) is 21.3. The average molecular weight is 742 g/mol. The zero-order valence-corrected chi connectivity index (χ0v) is 28.6. The molecular formula is C37H48IN3O5. The van der Waals surface area contributed by atoms with Crippen LogP contribution in [0.1, 0.15) is 61.9 Å². The molecule has 0 aliphatic rings. The highest BCUT2D eigenvalue weighted by molar-refractivity contribution is 5.91. The van der Waals surface area contributed by atoms with Crippen LogP contribution in [0.15, 0.2) is 97.6 Å². The van der Waals surface area contributed by atoms with Gasteiger partial charge in [-0.3, -0.25) is 0 Å². The number of aromatic nitrogens is 2. The summed E-state index contributed by atoms with van der Waals surface area (Å²) in [6, 6.07) is 24.2. The van der Waals surface area contributed by atoms with Crippen molar-refractivity contribution in [3.05, 3.63) is 109 Å². The molecule has 9 heteroatoms. The number of hydrogen-bond donors (Lipinski definition) is 0. The van der Waals surface area contributed by atoms with Gasteiger partial charge in [-0.15, -0.1) is 0 Å². The standard InChI is InChI=1S/C36H44N3O5.CH4.HI/c1-39(2,3)34(27-29-13-9-8-10-14-29)36(41)43-26-12-7-5-4-6-11-25-42-32-19-21-33(22-20-32)44-35(40)30-15-17-31(18-16-30)38-24-23-37-28-38;;/h8-10,13-24,28,34H,4-7,11-12,25-27H2,1-3H3;1H4;1H/q+1;;/p-1. The maximum Gasteiger partial charge on any atom is 0.365 e. The first-order valence-electron chi connectivity index (χ1n) is 15.3. The Bertz CT molecular complexity index is 1420. The van der Waals surface area contributed by atoms with E-state index in [0.717, 1.165) is 55.5 Å². The fourth-order valence-corrected chi connectivity index (χ4v) is 4.83. The highest BCUT2D eigenvalue weighted by Crippen LogP contribution is 2.20. The predicted molar refractivity (Wildman–Crippen MR) is 178 cm³/mol. The molecule has 0 aliphatic heterocycles. The highest BCUT2D eigenvalue weighted by atomic mass is 127. The first-order valence-corrected chi connectivity index (χ1v) is 15.3. The van der Waals surface area contributed by atoms with Gasteiger partial charge in [0.25, 0.3) is 0 Å². The van der Waals surface area contributed by atoms with Crippen LogP contribution in [0, 0.1) is 0 Å². The second kappa shape index (κ2) is 19.7. The first kappa shape index (κ1) is 38.5. The van der Waals surface area contributed by atoms with Crippen LogP contribution in [-0.2, 0) is 16.0 Å². The molecule has 4 aromatic rings. The number of hydrogen-bond acceptors (Lipinski definition) is 6. The highest BCUT2D eigenvalue weighted by Gasteiger charge is 2.33. The summed E-state index contributed by atoms with van der Waals surface area (Å²) in [6.07, 6.45) is 12.1. The molecule has 1 aromatic heterocycles. The minimum atomic E-state index is -0.412. The number of carbonyl (C=O) groups excluding carboxylic acids is 2. The summed E-state index contributed by atoms with van der Waals surface area (Å²) in [7, 11) is 6.11. The molecule has 0 saturated heterocycles. The SMILES string of the molecule is C.C[N+](C)(C)C(Cc1ccccc1)C(=O)OCCCCCCCCOc1ccc(OC(=O)c2ccc(-n3ccnc3)cc2)cc1.[I-].